The number of carbonyl (C=O) groups is 2. The number of thioether (sulfide) groups is 1. The summed E-state index contributed by atoms with van der Waals surface area (Å²) >= 11 is 1.37. The highest BCUT2D eigenvalue weighted by Crippen LogP contribution is 2.40. The standard InChI is InChI=1S/C20H27BN2O6S/c1-28-14-3-2-13-10-15(21(27)29-18(13)17(14)19(25)26)30-11-16(24)23-9-6-20(12-23)4-7-22-8-5-20/h2-3,15,22,27H,4-12H2,1H3,(H,25,26)/t15-/m0/s1. The SMILES string of the molecule is COc1ccc2c(c1C(=O)O)OB(O)[C@@H](SCC(=O)N1CCC3(CCNCC3)C1)C2. The van der Waals surface area contributed by atoms with Crippen LogP contribution in [0.4, 0.5) is 0 Å². The van der Waals surface area contributed by atoms with Crippen LogP contribution in [-0.2, 0) is 11.2 Å². The molecule has 3 aliphatic rings. The van der Waals surface area contributed by atoms with Crippen LogP contribution in [0.2, 0.25) is 0 Å². The number of likely N-dealkylation sites (tertiary alicyclic amines) is 1. The number of benzene rings is 1. The Bertz CT molecular complexity index is 832. The number of carboxylic acid groups (broad SMARTS) is 1. The second-order valence-electron chi connectivity index (χ2n) is 8.31. The fourth-order valence-electron chi connectivity index (χ4n) is 4.71. The van der Waals surface area contributed by atoms with E-state index < -0.39 is 13.1 Å². The Balaban J connectivity index is 1.38. The summed E-state index contributed by atoms with van der Waals surface area (Å²) in [6.07, 6.45) is 3.72. The fourth-order valence-corrected chi connectivity index (χ4v) is 5.77. The lowest BCUT2D eigenvalue weighted by atomic mass is 9.77. The normalized spacial score (nSPS) is 22.5. The van der Waals surface area contributed by atoms with E-state index in [-0.39, 0.29) is 39.3 Å². The molecule has 0 radical (unpaired) electrons. The van der Waals surface area contributed by atoms with Gasteiger partial charge in [0.1, 0.15) is 17.1 Å². The number of ether oxygens (including phenoxy) is 1. The van der Waals surface area contributed by atoms with Gasteiger partial charge in [-0.1, -0.05) is 6.07 Å². The molecule has 2 saturated heterocycles. The van der Waals surface area contributed by atoms with Crippen molar-refractivity contribution in [3.8, 4) is 11.5 Å². The third-order valence-electron chi connectivity index (χ3n) is 6.49. The molecule has 0 bridgehead atoms. The molecular formula is C20H27BN2O6S. The van der Waals surface area contributed by atoms with Gasteiger partial charge in [-0.3, -0.25) is 4.79 Å². The number of carbonyl (C=O) groups excluding carboxylic acids is 1. The highest BCUT2D eigenvalue weighted by molar-refractivity contribution is 8.01. The quantitative estimate of drug-likeness (QED) is 0.591. The number of fused-ring (bicyclic) bond motifs is 1. The molecule has 10 heteroatoms. The van der Waals surface area contributed by atoms with Crippen molar-refractivity contribution in [2.45, 2.75) is 30.8 Å². The average molecular weight is 434 g/mol. The minimum atomic E-state index is -1.19. The van der Waals surface area contributed by atoms with Gasteiger partial charge in [0.25, 0.3) is 0 Å². The van der Waals surface area contributed by atoms with E-state index in [1.807, 2.05) is 4.90 Å². The van der Waals surface area contributed by atoms with Crippen molar-refractivity contribution in [3.63, 3.8) is 0 Å². The summed E-state index contributed by atoms with van der Waals surface area (Å²) in [5.74, 6) is -0.468. The molecule has 1 amide bonds. The van der Waals surface area contributed by atoms with E-state index in [0.717, 1.165) is 45.4 Å². The van der Waals surface area contributed by atoms with E-state index in [2.05, 4.69) is 5.32 Å². The first-order valence-corrected chi connectivity index (χ1v) is 11.4. The van der Waals surface area contributed by atoms with Gasteiger partial charge < -0.3 is 29.7 Å². The average Bonchev–Trinajstić information content (AvgIpc) is 3.14. The van der Waals surface area contributed by atoms with Gasteiger partial charge in [-0.2, -0.15) is 0 Å². The summed E-state index contributed by atoms with van der Waals surface area (Å²) in [5.41, 5.74) is 0.876. The lowest BCUT2D eigenvalue weighted by Gasteiger charge is -2.33. The van der Waals surface area contributed by atoms with Crippen LogP contribution >= 0.6 is 11.8 Å². The number of methoxy groups -OCH3 is 1. The predicted octanol–water partition coefficient (Wildman–Crippen LogP) is 1.05. The van der Waals surface area contributed by atoms with Crippen LogP contribution in [0.15, 0.2) is 12.1 Å². The van der Waals surface area contributed by atoms with E-state index in [4.69, 9.17) is 9.39 Å². The number of piperidine rings is 1. The molecule has 3 N–H and O–H groups in total. The van der Waals surface area contributed by atoms with E-state index in [9.17, 15) is 19.7 Å². The molecule has 1 spiro atoms. The summed E-state index contributed by atoms with van der Waals surface area (Å²) in [6, 6.07) is 3.35. The van der Waals surface area contributed by atoms with Crippen molar-refractivity contribution in [2.75, 3.05) is 39.0 Å². The van der Waals surface area contributed by atoms with Gasteiger partial charge in [-0.05, 0) is 55.8 Å². The summed E-state index contributed by atoms with van der Waals surface area (Å²) in [5, 5.41) is 23.0. The van der Waals surface area contributed by atoms with Crippen LogP contribution in [0.1, 0.15) is 35.2 Å². The zero-order valence-corrected chi connectivity index (χ0v) is 17.9. The molecule has 4 rings (SSSR count). The molecule has 3 aliphatic heterocycles. The third-order valence-corrected chi connectivity index (χ3v) is 7.73. The van der Waals surface area contributed by atoms with Gasteiger partial charge in [0.05, 0.1) is 18.0 Å². The minimum absolute atomic E-state index is 0.0853. The van der Waals surface area contributed by atoms with E-state index in [1.54, 1.807) is 12.1 Å². The van der Waals surface area contributed by atoms with E-state index in [1.165, 1.54) is 18.9 Å². The maximum absolute atomic E-state index is 12.8. The van der Waals surface area contributed by atoms with E-state index in [0.29, 0.717) is 12.0 Å². The number of hydrogen-bond donors (Lipinski definition) is 3. The highest BCUT2D eigenvalue weighted by Gasteiger charge is 2.42. The Morgan fingerprint density at radius 2 is 2.13 bits per heavy atom. The summed E-state index contributed by atoms with van der Waals surface area (Å²) < 4.78 is 10.7. The zero-order valence-electron chi connectivity index (χ0n) is 17.1. The van der Waals surface area contributed by atoms with Crippen LogP contribution < -0.4 is 14.7 Å². The Hall–Kier alpha value is -1.91. The zero-order chi connectivity index (χ0) is 21.3. The summed E-state index contributed by atoms with van der Waals surface area (Å²) in [7, 11) is 0.208. The maximum Gasteiger partial charge on any atom is 0.536 e. The number of hydrogen-bond acceptors (Lipinski definition) is 7. The van der Waals surface area contributed by atoms with Crippen LogP contribution in [-0.4, -0.2) is 78.2 Å². The number of nitrogens with zero attached hydrogens (tertiary/aromatic N) is 1. The molecule has 0 aliphatic carbocycles. The predicted molar refractivity (Wildman–Crippen MR) is 114 cm³/mol. The second kappa shape index (κ2) is 8.68. The van der Waals surface area contributed by atoms with Gasteiger partial charge in [0, 0.05) is 13.1 Å². The fraction of sp³-hybridized carbons (Fsp3) is 0.600. The molecule has 1 atom stereocenters. The molecule has 162 valence electrons. The third kappa shape index (κ3) is 4.13. The topological polar surface area (TPSA) is 108 Å². The Morgan fingerprint density at radius 1 is 1.37 bits per heavy atom. The van der Waals surface area contributed by atoms with Gasteiger partial charge in [0.2, 0.25) is 5.91 Å². The van der Waals surface area contributed by atoms with Crippen LogP contribution in [0, 0.1) is 5.41 Å². The number of nitrogens with one attached hydrogen (secondary N) is 1. The molecule has 0 saturated carbocycles. The lowest BCUT2D eigenvalue weighted by molar-refractivity contribution is -0.127. The first-order valence-electron chi connectivity index (χ1n) is 10.3. The Kier molecular flexibility index (Phi) is 6.17. The number of rotatable bonds is 5. The van der Waals surface area contributed by atoms with Crippen molar-refractivity contribution in [3.05, 3.63) is 23.3 Å². The smallest absolute Gasteiger partial charge is 0.534 e. The summed E-state index contributed by atoms with van der Waals surface area (Å²) in [6.45, 7) is 3.66. The largest absolute Gasteiger partial charge is 0.536 e. The number of carboxylic acids is 1. The molecule has 30 heavy (non-hydrogen) atoms. The lowest BCUT2D eigenvalue weighted by Crippen LogP contribution is -2.42. The number of aromatic carboxylic acids is 1. The van der Waals surface area contributed by atoms with Gasteiger partial charge in [-0.25, -0.2) is 4.79 Å². The first-order chi connectivity index (χ1) is 14.4. The first kappa shape index (κ1) is 21.3. The molecule has 8 nitrogen and oxygen atoms in total. The van der Waals surface area contributed by atoms with Crippen molar-refractivity contribution in [2.24, 2.45) is 5.41 Å². The minimum Gasteiger partial charge on any atom is -0.534 e. The number of amides is 1. The van der Waals surface area contributed by atoms with Crippen LogP contribution in [0.5, 0.6) is 11.5 Å². The molecule has 1 aromatic carbocycles. The maximum atomic E-state index is 12.8. The Morgan fingerprint density at radius 3 is 2.83 bits per heavy atom. The summed E-state index contributed by atoms with van der Waals surface area (Å²) in [4.78, 5) is 26.3. The second-order valence-corrected chi connectivity index (χ2v) is 9.54. The van der Waals surface area contributed by atoms with Crippen LogP contribution in [0.3, 0.4) is 0 Å². The van der Waals surface area contributed by atoms with Crippen molar-refractivity contribution < 1.29 is 29.1 Å². The van der Waals surface area contributed by atoms with Crippen molar-refractivity contribution in [1.82, 2.24) is 10.2 Å². The van der Waals surface area contributed by atoms with Gasteiger partial charge >= 0.3 is 13.1 Å². The van der Waals surface area contributed by atoms with Crippen molar-refractivity contribution in [1.29, 1.82) is 0 Å². The Labute approximate surface area is 180 Å². The highest BCUT2D eigenvalue weighted by atomic mass is 32.2. The monoisotopic (exact) mass is 434 g/mol. The van der Waals surface area contributed by atoms with Crippen LogP contribution in [0.25, 0.3) is 0 Å². The molecule has 0 aromatic heterocycles. The van der Waals surface area contributed by atoms with E-state index >= 15 is 0 Å². The molecule has 1 aromatic rings. The van der Waals surface area contributed by atoms with Gasteiger partial charge in [0.15, 0.2) is 0 Å². The van der Waals surface area contributed by atoms with Crippen molar-refractivity contribution >= 4 is 30.8 Å². The van der Waals surface area contributed by atoms with Gasteiger partial charge in [-0.15, -0.1) is 11.8 Å². The molecule has 2 fully saturated rings. The molecule has 3 heterocycles. The molecule has 0 unspecified atom stereocenters. The molecular weight excluding hydrogens is 407 g/mol.